The zero-order valence-corrected chi connectivity index (χ0v) is 49.0. The Morgan fingerprint density at radius 3 is 1.16 bits per heavy atom. The maximum absolute atomic E-state index is 12.9. The molecule has 2 atom stereocenters. The van der Waals surface area contributed by atoms with Crippen molar-refractivity contribution < 1.29 is 42.9 Å². The highest BCUT2D eigenvalue weighted by molar-refractivity contribution is 5.71. The highest BCUT2D eigenvalue weighted by Gasteiger charge is 2.25. The summed E-state index contributed by atoms with van der Waals surface area (Å²) in [5.74, 6) is -2.00. The molecule has 0 aromatic heterocycles. The lowest BCUT2D eigenvalue weighted by molar-refractivity contribution is -0.870. The number of carbonyl (C=O) groups is 3. The molecule has 0 aromatic rings. The van der Waals surface area contributed by atoms with Crippen LogP contribution >= 0.6 is 0 Å². The lowest BCUT2D eigenvalue weighted by Gasteiger charge is -2.25. The van der Waals surface area contributed by atoms with E-state index in [4.69, 9.17) is 18.9 Å². The van der Waals surface area contributed by atoms with E-state index in [1.165, 1.54) is 173 Å². The van der Waals surface area contributed by atoms with Gasteiger partial charge >= 0.3 is 17.9 Å². The van der Waals surface area contributed by atoms with E-state index in [2.05, 4.69) is 74.6 Å². The van der Waals surface area contributed by atoms with E-state index in [9.17, 15) is 19.5 Å². The van der Waals surface area contributed by atoms with Crippen molar-refractivity contribution in [1.82, 2.24) is 0 Å². The van der Waals surface area contributed by atoms with E-state index in [0.29, 0.717) is 17.4 Å². The molecule has 0 rings (SSSR count). The summed E-state index contributed by atoms with van der Waals surface area (Å²) in [6.07, 6.45) is 68.9. The maximum atomic E-state index is 12.9. The van der Waals surface area contributed by atoms with E-state index < -0.39 is 24.3 Å². The predicted molar refractivity (Wildman–Crippen MR) is 313 cm³/mol. The summed E-state index contributed by atoms with van der Waals surface area (Å²) < 4.78 is 22.9. The van der Waals surface area contributed by atoms with Crippen molar-refractivity contribution in [3.63, 3.8) is 0 Å². The Hall–Kier alpha value is -3.01. The van der Waals surface area contributed by atoms with Gasteiger partial charge in [-0.3, -0.25) is 9.59 Å². The van der Waals surface area contributed by atoms with Crippen molar-refractivity contribution in [2.24, 2.45) is 0 Å². The van der Waals surface area contributed by atoms with Gasteiger partial charge in [-0.2, -0.15) is 0 Å². The molecular weight excluding hydrogens is 923 g/mol. The summed E-state index contributed by atoms with van der Waals surface area (Å²) in [5.41, 5.74) is 0. The van der Waals surface area contributed by atoms with Gasteiger partial charge in [-0.05, 0) is 77.0 Å². The first-order valence-corrected chi connectivity index (χ1v) is 31.0. The number of quaternary nitrogens is 1. The molecule has 1 N–H and O–H groups in total. The Kier molecular flexibility index (Phi) is 53.9. The van der Waals surface area contributed by atoms with Gasteiger partial charge in [0.25, 0.3) is 6.29 Å². The van der Waals surface area contributed by atoms with E-state index >= 15 is 0 Å². The highest BCUT2D eigenvalue weighted by atomic mass is 16.7. The Bertz CT molecular complexity index is 1400. The number of hydrogen-bond acceptors (Lipinski definition) is 7. The largest absolute Gasteiger partial charge is 0.477 e. The Morgan fingerprint density at radius 1 is 0.419 bits per heavy atom. The van der Waals surface area contributed by atoms with Crippen LogP contribution in [0.1, 0.15) is 277 Å². The molecule has 9 nitrogen and oxygen atoms in total. The molecular formula is C65H118NO8+. The van der Waals surface area contributed by atoms with E-state index in [1.807, 2.05) is 21.1 Å². The number of carboxylic acids is 1. The molecule has 2 unspecified atom stereocenters. The quantitative estimate of drug-likeness (QED) is 0.0211. The first-order chi connectivity index (χ1) is 36.1. The maximum Gasteiger partial charge on any atom is 0.361 e. The molecule has 9 heteroatoms. The number of aliphatic carboxylic acids is 1. The number of esters is 2. The molecule has 0 aromatic carbocycles. The third-order valence-electron chi connectivity index (χ3n) is 13.5. The number of unbranched alkanes of at least 4 members (excludes halogenated alkanes) is 32. The van der Waals surface area contributed by atoms with Crippen LogP contribution in [0.15, 0.2) is 60.8 Å². The van der Waals surface area contributed by atoms with Gasteiger partial charge in [0.05, 0.1) is 34.4 Å². The fourth-order valence-electron chi connectivity index (χ4n) is 8.77. The number of carboxylic acid groups (broad SMARTS) is 1. The van der Waals surface area contributed by atoms with Gasteiger partial charge in [-0.1, -0.05) is 248 Å². The molecule has 0 saturated heterocycles. The molecule has 0 aliphatic rings. The molecule has 0 fully saturated rings. The van der Waals surface area contributed by atoms with Gasteiger partial charge in [-0.25, -0.2) is 4.79 Å². The summed E-state index contributed by atoms with van der Waals surface area (Å²) >= 11 is 0. The van der Waals surface area contributed by atoms with Crippen LogP contribution in [0.4, 0.5) is 0 Å². The van der Waals surface area contributed by atoms with Crippen molar-refractivity contribution in [3.05, 3.63) is 60.8 Å². The third kappa shape index (κ3) is 56.7. The van der Waals surface area contributed by atoms with Crippen LogP contribution in [0.2, 0.25) is 0 Å². The second-order valence-electron chi connectivity index (χ2n) is 22.0. The minimum Gasteiger partial charge on any atom is -0.477 e. The lowest BCUT2D eigenvalue weighted by Crippen LogP contribution is -2.40. The summed E-state index contributed by atoms with van der Waals surface area (Å²) in [4.78, 5) is 37.4. The molecule has 0 amide bonds. The van der Waals surface area contributed by atoms with Crippen molar-refractivity contribution in [1.29, 1.82) is 0 Å². The Balaban J connectivity index is 4.09. The van der Waals surface area contributed by atoms with Crippen molar-refractivity contribution in [2.75, 3.05) is 47.5 Å². The second-order valence-corrected chi connectivity index (χ2v) is 22.0. The van der Waals surface area contributed by atoms with Gasteiger partial charge in [0.15, 0.2) is 6.10 Å². The van der Waals surface area contributed by atoms with Crippen molar-refractivity contribution in [3.8, 4) is 0 Å². The minimum absolute atomic E-state index is 0.184. The summed E-state index contributed by atoms with van der Waals surface area (Å²) in [6, 6.07) is 0. The highest BCUT2D eigenvalue weighted by Crippen LogP contribution is 2.17. The lowest BCUT2D eigenvalue weighted by atomic mass is 10.0. The van der Waals surface area contributed by atoms with Crippen LogP contribution in [0.3, 0.4) is 0 Å². The average molecular weight is 1040 g/mol. The van der Waals surface area contributed by atoms with Gasteiger partial charge in [0, 0.05) is 12.8 Å². The fourth-order valence-corrected chi connectivity index (χ4v) is 8.77. The number of carbonyl (C=O) groups excluding carboxylic acids is 2. The van der Waals surface area contributed by atoms with Crippen LogP contribution in [-0.4, -0.2) is 87.4 Å². The molecule has 0 heterocycles. The third-order valence-corrected chi connectivity index (χ3v) is 13.5. The average Bonchev–Trinajstić information content (AvgIpc) is 3.37. The second kappa shape index (κ2) is 56.2. The molecule has 0 radical (unpaired) electrons. The Morgan fingerprint density at radius 2 is 0.770 bits per heavy atom. The van der Waals surface area contributed by atoms with Gasteiger partial charge in [0.2, 0.25) is 0 Å². The number of ether oxygens (including phenoxy) is 4. The number of likely N-dealkylation sites (N-methyl/N-ethyl adjacent to an activating group) is 1. The number of hydrogen-bond donors (Lipinski definition) is 1. The zero-order valence-electron chi connectivity index (χ0n) is 49.0. The molecule has 430 valence electrons. The number of allylic oxidation sites excluding steroid dienone is 10. The van der Waals surface area contributed by atoms with Crippen LogP contribution in [-0.2, 0) is 33.3 Å². The number of rotatable bonds is 57. The Labute approximate surface area is 456 Å². The van der Waals surface area contributed by atoms with Crippen LogP contribution in [0.25, 0.3) is 0 Å². The summed E-state index contributed by atoms with van der Waals surface area (Å²) in [6.45, 7) is 4.78. The first kappa shape index (κ1) is 71.0. The van der Waals surface area contributed by atoms with Crippen LogP contribution in [0, 0.1) is 0 Å². The van der Waals surface area contributed by atoms with Crippen LogP contribution in [0.5, 0.6) is 0 Å². The van der Waals surface area contributed by atoms with Gasteiger partial charge < -0.3 is 28.5 Å². The van der Waals surface area contributed by atoms with Crippen molar-refractivity contribution >= 4 is 17.9 Å². The topological polar surface area (TPSA) is 108 Å². The molecule has 0 aliphatic carbocycles. The molecule has 0 aliphatic heterocycles. The molecule has 0 spiro atoms. The fraction of sp³-hybridized carbons (Fsp3) is 0.800. The smallest absolute Gasteiger partial charge is 0.361 e. The molecule has 74 heavy (non-hydrogen) atoms. The zero-order chi connectivity index (χ0) is 54.1. The van der Waals surface area contributed by atoms with E-state index in [-0.39, 0.29) is 32.2 Å². The minimum atomic E-state index is -1.51. The summed E-state index contributed by atoms with van der Waals surface area (Å²) in [7, 11) is 5.97. The monoisotopic (exact) mass is 1040 g/mol. The summed E-state index contributed by atoms with van der Waals surface area (Å²) in [5, 5.41) is 9.71. The van der Waals surface area contributed by atoms with Crippen molar-refractivity contribution in [2.45, 2.75) is 289 Å². The number of nitrogens with zero attached hydrogens (tertiary/aromatic N) is 1. The van der Waals surface area contributed by atoms with E-state index in [1.54, 1.807) is 0 Å². The normalized spacial score (nSPS) is 13.1. The predicted octanol–water partition coefficient (Wildman–Crippen LogP) is 18.4. The standard InChI is InChI=1S/C65H117NO8/c1-6-8-10-12-14-16-18-20-22-24-25-26-27-28-29-30-31-32-33-34-35-36-37-38-39-40-42-44-46-48-50-52-54-56-63(68)74-61(60-73-65(64(69)70)71-58-57-66(3,4)5)59-72-62(67)55-53-51-49-47-45-43-41-23-21-19-17-15-13-11-9-7-2/h8,10,14,16,20,22-23,25-26,41,61,65H,6-7,9,11-13,15,17-19,21,24,27-40,42-60H2,1-5H3/p+1/b10-8-,16-14-,22-20-,26-25-,41-23-. The van der Waals surface area contributed by atoms with Gasteiger partial charge in [-0.15, -0.1) is 0 Å². The SMILES string of the molecule is CC/C=C\C/C=C\C/C=C\C/C=C\CCCCCCCCCCCCCCCCCCCCCCC(=O)OC(COC(=O)CCCCCCC/C=C\CCCCCCCCC)COC(OCC[N+](C)(C)C)C(=O)O. The first-order valence-electron chi connectivity index (χ1n) is 31.0. The van der Waals surface area contributed by atoms with Gasteiger partial charge in [0.1, 0.15) is 13.2 Å². The van der Waals surface area contributed by atoms with Crippen LogP contribution < -0.4 is 0 Å². The molecule has 0 bridgehead atoms. The molecule has 0 saturated carbocycles. The van der Waals surface area contributed by atoms with E-state index in [0.717, 1.165) is 77.0 Å².